The van der Waals surface area contributed by atoms with Crippen molar-refractivity contribution in [2.45, 2.75) is 25.8 Å². The minimum Gasteiger partial charge on any atom is -0.339 e. The molecule has 0 aromatic heterocycles. The van der Waals surface area contributed by atoms with Crippen LogP contribution in [0, 0.1) is 5.92 Å². The molecule has 0 spiro atoms. The minimum atomic E-state index is 0. The van der Waals surface area contributed by atoms with E-state index in [0.29, 0.717) is 0 Å². The highest BCUT2D eigenvalue weighted by Crippen LogP contribution is 2.24. The van der Waals surface area contributed by atoms with Crippen LogP contribution >= 0.6 is 24.0 Å². The standard InChI is InChI=1S/C15H21ClN2O.ClH/c1-11(12-3-5-14(16)6-4-12)18(2)15(19)13-7-9-17-10-8-13;/h3-6,11,13,17H,7-10H2,1-2H3;1H. The van der Waals surface area contributed by atoms with E-state index in [1.54, 1.807) is 0 Å². The normalized spacial score (nSPS) is 17.1. The van der Waals surface area contributed by atoms with E-state index >= 15 is 0 Å². The molecule has 1 fully saturated rings. The van der Waals surface area contributed by atoms with Crippen LogP contribution in [-0.4, -0.2) is 30.9 Å². The Kier molecular flexibility index (Phi) is 6.80. The number of halogens is 2. The molecule has 1 atom stereocenters. The summed E-state index contributed by atoms with van der Waals surface area (Å²) in [4.78, 5) is 14.3. The second kappa shape index (κ2) is 7.87. The molecule has 1 unspecified atom stereocenters. The Morgan fingerprint density at radius 3 is 2.40 bits per heavy atom. The van der Waals surface area contributed by atoms with Crippen molar-refractivity contribution in [2.24, 2.45) is 5.92 Å². The van der Waals surface area contributed by atoms with E-state index in [2.05, 4.69) is 12.2 Å². The SMILES string of the molecule is CC(c1ccc(Cl)cc1)N(C)C(=O)C1CCNCC1.Cl. The molecule has 20 heavy (non-hydrogen) atoms. The third kappa shape index (κ3) is 4.11. The Bertz CT molecular complexity index is 430. The third-order valence-corrected chi connectivity index (χ3v) is 4.22. The number of benzene rings is 1. The lowest BCUT2D eigenvalue weighted by molar-refractivity contribution is -0.137. The van der Waals surface area contributed by atoms with Gasteiger partial charge in [0.05, 0.1) is 6.04 Å². The van der Waals surface area contributed by atoms with E-state index in [9.17, 15) is 4.79 Å². The Morgan fingerprint density at radius 1 is 1.30 bits per heavy atom. The molecule has 1 aliphatic heterocycles. The first-order valence-corrected chi connectivity index (χ1v) is 7.20. The number of nitrogens with one attached hydrogen (secondary N) is 1. The molecular formula is C15H22Cl2N2O. The fourth-order valence-corrected chi connectivity index (χ4v) is 2.64. The molecule has 112 valence electrons. The van der Waals surface area contributed by atoms with Crippen LogP contribution in [0.15, 0.2) is 24.3 Å². The molecule has 1 amide bonds. The Hall–Kier alpha value is -0.770. The summed E-state index contributed by atoms with van der Waals surface area (Å²) in [5.74, 6) is 0.421. The fourth-order valence-electron chi connectivity index (χ4n) is 2.51. The van der Waals surface area contributed by atoms with Gasteiger partial charge in [-0.1, -0.05) is 23.7 Å². The van der Waals surface area contributed by atoms with Crippen molar-refractivity contribution in [2.75, 3.05) is 20.1 Å². The van der Waals surface area contributed by atoms with Crippen molar-refractivity contribution < 1.29 is 4.79 Å². The van der Waals surface area contributed by atoms with Gasteiger partial charge in [-0.15, -0.1) is 12.4 Å². The molecule has 0 aliphatic carbocycles. The van der Waals surface area contributed by atoms with Crippen LogP contribution in [-0.2, 0) is 4.79 Å². The van der Waals surface area contributed by atoms with Crippen LogP contribution in [0.2, 0.25) is 5.02 Å². The van der Waals surface area contributed by atoms with Crippen molar-refractivity contribution in [3.05, 3.63) is 34.9 Å². The number of carbonyl (C=O) groups is 1. The quantitative estimate of drug-likeness (QED) is 0.928. The molecule has 1 saturated heterocycles. The van der Waals surface area contributed by atoms with Gasteiger partial charge in [-0.2, -0.15) is 0 Å². The summed E-state index contributed by atoms with van der Waals surface area (Å²) in [6.07, 6.45) is 1.88. The first kappa shape index (κ1) is 17.3. The summed E-state index contributed by atoms with van der Waals surface area (Å²) in [7, 11) is 1.89. The number of carbonyl (C=O) groups excluding carboxylic acids is 1. The zero-order valence-corrected chi connectivity index (χ0v) is 13.5. The molecule has 1 aromatic carbocycles. The van der Waals surface area contributed by atoms with Gasteiger partial charge in [0.1, 0.15) is 0 Å². The van der Waals surface area contributed by atoms with Crippen molar-refractivity contribution in [3.63, 3.8) is 0 Å². The summed E-state index contributed by atoms with van der Waals surface area (Å²) in [5.41, 5.74) is 1.12. The van der Waals surface area contributed by atoms with Crippen LogP contribution in [0.3, 0.4) is 0 Å². The summed E-state index contributed by atoms with van der Waals surface area (Å²) < 4.78 is 0. The summed E-state index contributed by atoms with van der Waals surface area (Å²) >= 11 is 5.89. The molecular weight excluding hydrogens is 295 g/mol. The van der Waals surface area contributed by atoms with Gasteiger partial charge in [-0.25, -0.2) is 0 Å². The van der Waals surface area contributed by atoms with Gasteiger partial charge in [0, 0.05) is 18.0 Å². The second-order valence-electron chi connectivity index (χ2n) is 5.20. The van der Waals surface area contributed by atoms with E-state index in [1.807, 2.05) is 36.2 Å². The maximum atomic E-state index is 12.5. The molecule has 1 aromatic rings. The van der Waals surface area contributed by atoms with Crippen LogP contribution in [0.4, 0.5) is 0 Å². The number of amides is 1. The van der Waals surface area contributed by atoms with Crippen LogP contribution in [0.5, 0.6) is 0 Å². The molecule has 0 radical (unpaired) electrons. The van der Waals surface area contributed by atoms with E-state index < -0.39 is 0 Å². The Morgan fingerprint density at radius 2 is 1.85 bits per heavy atom. The largest absolute Gasteiger partial charge is 0.339 e. The second-order valence-corrected chi connectivity index (χ2v) is 5.64. The Labute approximate surface area is 132 Å². The lowest BCUT2D eigenvalue weighted by Crippen LogP contribution is -2.40. The lowest BCUT2D eigenvalue weighted by Gasteiger charge is -2.31. The highest BCUT2D eigenvalue weighted by atomic mass is 35.5. The average Bonchev–Trinajstić information content (AvgIpc) is 2.46. The first-order valence-electron chi connectivity index (χ1n) is 6.82. The van der Waals surface area contributed by atoms with Crippen molar-refractivity contribution in [1.29, 1.82) is 0 Å². The van der Waals surface area contributed by atoms with Gasteiger partial charge < -0.3 is 10.2 Å². The van der Waals surface area contributed by atoms with E-state index in [0.717, 1.165) is 36.5 Å². The maximum absolute atomic E-state index is 12.5. The highest BCUT2D eigenvalue weighted by Gasteiger charge is 2.26. The van der Waals surface area contributed by atoms with Crippen molar-refractivity contribution in [1.82, 2.24) is 10.2 Å². The summed E-state index contributed by atoms with van der Waals surface area (Å²) in [5, 5.41) is 4.02. The maximum Gasteiger partial charge on any atom is 0.226 e. The first-order chi connectivity index (χ1) is 9.09. The minimum absolute atomic E-state index is 0. The number of nitrogens with zero attached hydrogens (tertiary/aromatic N) is 1. The molecule has 0 bridgehead atoms. The van der Waals surface area contributed by atoms with Crippen LogP contribution in [0.25, 0.3) is 0 Å². The number of hydrogen-bond acceptors (Lipinski definition) is 2. The average molecular weight is 317 g/mol. The van der Waals surface area contributed by atoms with E-state index in [1.165, 1.54) is 0 Å². The van der Waals surface area contributed by atoms with Crippen molar-refractivity contribution in [3.8, 4) is 0 Å². The summed E-state index contributed by atoms with van der Waals surface area (Å²) in [6.45, 7) is 3.95. The van der Waals surface area contributed by atoms with Gasteiger partial charge in [-0.3, -0.25) is 4.79 Å². The molecule has 5 heteroatoms. The summed E-state index contributed by atoms with van der Waals surface area (Å²) in [6, 6.07) is 7.80. The lowest BCUT2D eigenvalue weighted by atomic mass is 9.95. The molecule has 1 heterocycles. The molecule has 3 nitrogen and oxygen atoms in total. The molecule has 1 aliphatic rings. The molecule has 2 rings (SSSR count). The zero-order valence-electron chi connectivity index (χ0n) is 11.9. The highest BCUT2D eigenvalue weighted by molar-refractivity contribution is 6.30. The zero-order chi connectivity index (χ0) is 13.8. The van der Waals surface area contributed by atoms with Gasteiger partial charge in [0.15, 0.2) is 0 Å². The van der Waals surface area contributed by atoms with Crippen LogP contribution < -0.4 is 5.32 Å². The number of rotatable bonds is 3. The fraction of sp³-hybridized carbons (Fsp3) is 0.533. The molecule has 0 saturated carbocycles. The van der Waals surface area contributed by atoms with Crippen LogP contribution in [0.1, 0.15) is 31.4 Å². The third-order valence-electron chi connectivity index (χ3n) is 3.97. The Balaban J connectivity index is 0.00000200. The van der Waals surface area contributed by atoms with Gasteiger partial charge >= 0.3 is 0 Å². The van der Waals surface area contributed by atoms with E-state index in [4.69, 9.17) is 11.6 Å². The molecule has 1 N–H and O–H groups in total. The number of hydrogen-bond donors (Lipinski definition) is 1. The van der Waals surface area contributed by atoms with E-state index in [-0.39, 0.29) is 30.3 Å². The van der Waals surface area contributed by atoms with Gasteiger partial charge in [-0.05, 0) is 50.6 Å². The van der Waals surface area contributed by atoms with Crippen molar-refractivity contribution >= 4 is 29.9 Å². The number of piperidine rings is 1. The monoisotopic (exact) mass is 316 g/mol. The predicted molar refractivity (Wildman–Crippen MR) is 85.5 cm³/mol. The van der Waals surface area contributed by atoms with Gasteiger partial charge in [0.2, 0.25) is 5.91 Å². The smallest absolute Gasteiger partial charge is 0.226 e. The predicted octanol–water partition coefficient (Wildman–Crippen LogP) is 3.28. The van der Waals surface area contributed by atoms with Gasteiger partial charge in [0.25, 0.3) is 0 Å². The topological polar surface area (TPSA) is 32.3 Å².